The predicted octanol–water partition coefficient (Wildman–Crippen LogP) is 2.90. The highest BCUT2D eigenvalue weighted by molar-refractivity contribution is 7.98. The van der Waals surface area contributed by atoms with Crippen LogP contribution in [0.1, 0.15) is 24.9 Å². The van der Waals surface area contributed by atoms with Gasteiger partial charge in [-0.25, -0.2) is 8.78 Å². The highest BCUT2D eigenvalue weighted by atomic mass is 32.2. The van der Waals surface area contributed by atoms with Gasteiger partial charge < -0.3 is 5.32 Å². The van der Waals surface area contributed by atoms with E-state index < -0.39 is 17.7 Å². The maximum Gasteiger partial charge on any atom is 0.221 e. The normalized spacial score (nSPS) is 12.2. The summed E-state index contributed by atoms with van der Waals surface area (Å²) in [7, 11) is 0. The van der Waals surface area contributed by atoms with Gasteiger partial charge in [-0.3, -0.25) is 4.79 Å². The van der Waals surface area contributed by atoms with E-state index >= 15 is 0 Å². The molecule has 0 heterocycles. The van der Waals surface area contributed by atoms with E-state index in [4.69, 9.17) is 0 Å². The number of hydrogen-bond acceptors (Lipinski definition) is 2. The van der Waals surface area contributed by atoms with Crippen LogP contribution >= 0.6 is 11.8 Å². The fourth-order valence-corrected chi connectivity index (χ4v) is 1.83. The van der Waals surface area contributed by atoms with E-state index in [0.717, 1.165) is 11.8 Å². The molecule has 0 bridgehead atoms. The lowest BCUT2D eigenvalue weighted by atomic mass is 10.1. The van der Waals surface area contributed by atoms with Crippen LogP contribution in [0.2, 0.25) is 0 Å². The molecule has 1 atom stereocenters. The van der Waals surface area contributed by atoms with Crippen LogP contribution in [0, 0.1) is 11.6 Å². The second kappa shape index (κ2) is 6.59. The smallest absolute Gasteiger partial charge is 0.221 e. The molecule has 0 fully saturated rings. The number of benzene rings is 1. The van der Waals surface area contributed by atoms with Gasteiger partial charge in [0.2, 0.25) is 5.91 Å². The lowest BCUT2D eigenvalue weighted by Crippen LogP contribution is -2.27. The van der Waals surface area contributed by atoms with Gasteiger partial charge in [-0.2, -0.15) is 11.8 Å². The third-order valence-electron chi connectivity index (χ3n) is 2.34. The Morgan fingerprint density at radius 1 is 1.47 bits per heavy atom. The van der Waals surface area contributed by atoms with Crippen LogP contribution in [0.25, 0.3) is 0 Å². The minimum atomic E-state index is -0.636. The largest absolute Gasteiger partial charge is 0.349 e. The maximum atomic E-state index is 13.4. The molecule has 1 aromatic carbocycles. The molecule has 1 amide bonds. The van der Waals surface area contributed by atoms with Gasteiger partial charge in [-0.1, -0.05) is 6.07 Å². The summed E-state index contributed by atoms with van der Waals surface area (Å²) >= 11 is 1.57. The summed E-state index contributed by atoms with van der Waals surface area (Å²) in [6.07, 6.45) is 2.31. The lowest BCUT2D eigenvalue weighted by Gasteiger charge is -2.14. The Balaban J connectivity index is 2.63. The zero-order valence-electron chi connectivity index (χ0n) is 9.80. The van der Waals surface area contributed by atoms with E-state index in [-0.39, 0.29) is 5.91 Å². The highest BCUT2D eigenvalue weighted by Crippen LogP contribution is 2.17. The third-order valence-corrected chi connectivity index (χ3v) is 2.95. The quantitative estimate of drug-likeness (QED) is 0.881. The molecule has 0 aliphatic rings. The number of carbonyl (C=O) groups excluding carboxylic acids is 1. The van der Waals surface area contributed by atoms with Crippen LogP contribution < -0.4 is 5.32 Å². The number of thioether (sulfide) groups is 1. The van der Waals surface area contributed by atoms with Crippen molar-refractivity contribution in [1.82, 2.24) is 5.32 Å². The summed E-state index contributed by atoms with van der Waals surface area (Å²) < 4.78 is 26.1. The van der Waals surface area contributed by atoms with Crippen LogP contribution in [0.4, 0.5) is 8.78 Å². The molecule has 94 valence electrons. The molecule has 5 heteroatoms. The SMILES string of the molecule is CSCCC(=O)NC(C)c1ccc(F)cc1F. The van der Waals surface area contributed by atoms with Crippen LogP contribution in [-0.4, -0.2) is 17.9 Å². The highest BCUT2D eigenvalue weighted by Gasteiger charge is 2.13. The third kappa shape index (κ3) is 4.34. The van der Waals surface area contributed by atoms with E-state index in [1.807, 2.05) is 6.26 Å². The van der Waals surface area contributed by atoms with Crippen molar-refractivity contribution in [2.24, 2.45) is 0 Å². The molecule has 17 heavy (non-hydrogen) atoms. The Bertz CT molecular complexity index is 398. The van der Waals surface area contributed by atoms with Crippen LogP contribution in [-0.2, 0) is 4.79 Å². The molecule has 0 saturated heterocycles. The average Bonchev–Trinajstić information content (AvgIpc) is 2.26. The fourth-order valence-electron chi connectivity index (χ4n) is 1.44. The number of nitrogens with one attached hydrogen (secondary N) is 1. The maximum absolute atomic E-state index is 13.4. The molecule has 0 radical (unpaired) electrons. The van der Waals surface area contributed by atoms with Crippen LogP contribution in [0.5, 0.6) is 0 Å². The topological polar surface area (TPSA) is 29.1 Å². The van der Waals surface area contributed by atoms with Crippen molar-refractivity contribution in [1.29, 1.82) is 0 Å². The van der Waals surface area contributed by atoms with Gasteiger partial charge in [-0.15, -0.1) is 0 Å². The number of amides is 1. The molecule has 0 saturated carbocycles. The molecule has 0 aromatic heterocycles. The van der Waals surface area contributed by atoms with Gasteiger partial charge in [-0.05, 0) is 19.2 Å². The van der Waals surface area contributed by atoms with E-state index in [0.29, 0.717) is 12.0 Å². The molecule has 2 nitrogen and oxygen atoms in total. The summed E-state index contributed by atoms with van der Waals surface area (Å²) in [4.78, 5) is 11.4. The van der Waals surface area contributed by atoms with Crippen molar-refractivity contribution in [3.63, 3.8) is 0 Å². The van der Waals surface area contributed by atoms with Gasteiger partial charge in [0.15, 0.2) is 0 Å². The second-order valence-corrected chi connectivity index (χ2v) is 4.68. The zero-order chi connectivity index (χ0) is 12.8. The molecule has 1 rings (SSSR count). The summed E-state index contributed by atoms with van der Waals surface area (Å²) in [5.41, 5.74) is 0.295. The monoisotopic (exact) mass is 259 g/mol. The van der Waals surface area contributed by atoms with Gasteiger partial charge in [0.1, 0.15) is 11.6 Å². The van der Waals surface area contributed by atoms with Gasteiger partial charge in [0, 0.05) is 23.8 Å². The second-order valence-electron chi connectivity index (χ2n) is 3.70. The minimum Gasteiger partial charge on any atom is -0.349 e. The van der Waals surface area contributed by atoms with Crippen molar-refractivity contribution < 1.29 is 13.6 Å². The summed E-state index contributed by atoms with van der Waals surface area (Å²) in [6, 6.07) is 2.90. The first kappa shape index (κ1) is 14.0. The Kier molecular flexibility index (Phi) is 5.41. The number of rotatable bonds is 5. The van der Waals surface area contributed by atoms with Crippen molar-refractivity contribution in [3.05, 3.63) is 35.4 Å². The van der Waals surface area contributed by atoms with Crippen molar-refractivity contribution in [3.8, 4) is 0 Å². The molecular formula is C12H15F2NOS. The number of halogens is 2. The van der Waals surface area contributed by atoms with E-state index in [9.17, 15) is 13.6 Å². The molecule has 1 aromatic rings. The summed E-state index contributed by atoms with van der Waals surface area (Å²) in [6.45, 7) is 1.67. The summed E-state index contributed by atoms with van der Waals surface area (Å²) in [5.74, 6) is -0.657. The van der Waals surface area contributed by atoms with Gasteiger partial charge >= 0.3 is 0 Å². The van der Waals surface area contributed by atoms with E-state index in [2.05, 4.69) is 5.32 Å². The van der Waals surface area contributed by atoms with Gasteiger partial charge in [0.25, 0.3) is 0 Å². The van der Waals surface area contributed by atoms with Crippen molar-refractivity contribution >= 4 is 17.7 Å². The molecule has 0 aliphatic carbocycles. The Morgan fingerprint density at radius 3 is 2.76 bits per heavy atom. The first-order valence-electron chi connectivity index (χ1n) is 5.28. The fraction of sp³-hybridized carbons (Fsp3) is 0.417. The number of carbonyl (C=O) groups is 1. The average molecular weight is 259 g/mol. The molecule has 0 aliphatic heterocycles. The minimum absolute atomic E-state index is 0.129. The van der Waals surface area contributed by atoms with Crippen LogP contribution in [0.15, 0.2) is 18.2 Å². The molecule has 1 N–H and O–H groups in total. The number of hydrogen-bond donors (Lipinski definition) is 1. The van der Waals surface area contributed by atoms with E-state index in [1.165, 1.54) is 12.1 Å². The Hall–Kier alpha value is -1.10. The lowest BCUT2D eigenvalue weighted by molar-refractivity contribution is -0.121. The molecule has 0 spiro atoms. The first-order chi connectivity index (χ1) is 8.04. The summed E-state index contributed by atoms with van der Waals surface area (Å²) in [5, 5.41) is 2.68. The first-order valence-corrected chi connectivity index (χ1v) is 6.67. The molecular weight excluding hydrogens is 244 g/mol. The Morgan fingerprint density at radius 2 is 2.18 bits per heavy atom. The van der Waals surface area contributed by atoms with Crippen molar-refractivity contribution in [2.45, 2.75) is 19.4 Å². The standard InChI is InChI=1S/C12H15F2NOS/c1-8(15-12(16)5-6-17-2)10-4-3-9(13)7-11(10)14/h3-4,7-8H,5-6H2,1-2H3,(H,15,16). The molecule has 1 unspecified atom stereocenters. The van der Waals surface area contributed by atoms with Crippen LogP contribution in [0.3, 0.4) is 0 Å². The van der Waals surface area contributed by atoms with E-state index in [1.54, 1.807) is 18.7 Å². The predicted molar refractivity (Wildman–Crippen MR) is 65.9 cm³/mol. The zero-order valence-corrected chi connectivity index (χ0v) is 10.6. The Labute approximate surface area is 104 Å². The van der Waals surface area contributed by atoms with Crippen molar-refractivity contribution in [2.75, 3.05) is 12.0 Å². The van der Waals surface area contributed by atoms with Gasteiger partial charge in [0.05, 0.1) is 6.04 Å².